The molecular formula is C11H18N2O. The molecule has 0 aromatic heterocycles. The summed E-state index contributed by atoms with van der Waals surface area (Å²) in [6, 6.07) is 7.54. The summed E-state index contributed by atoms with van der Waals surface area (Å²) in [6.45, 7) is 4.45. The van der Waals surface area contributed by atoms with Gasteiger partial charge in [0.15, 0.2) is 0 Å². The fourth-order valence-corrected chi connectivity index (χ4v) is 1.12. The van der Waals surface area contributed by atoms with Gasteiger partial charge in [-0.3, -0.25) is 4.79 Å². The van der Waals surface area contributed by atoms with Crippen molar-refractivity contribution in [1.29, 1.82) is 0 Å². The monoisotopic (exact) mass is 194 g/mol. The highest BCUT2D eigenvalue weighted by Crippen LogP contribution is 2.07. The Morgan fingerprint density at radius 2 is 1.71 bits per heavy atom. The maximum absolute atomic E-state index is 10.6. The second kappa shape index (κ2) is 7.09. The molecule has 0 aliphatic rings. The molecule has 0 aliphatic heterocycles. The zero-order chi connectivity index (χ0) is 11.0. The van der Waals surface area contributed by atoms with Crippen LogP contribution in [0.1, 0.15) is 25.0 Å². The third-order valence-corrected chi connectivity index (χ3v) is 1.70. The van der Waals surface area contributed by atoms with Crippen LogP contribution in [-0.4, -0.2) is 5.91 Å². The molecule has 0 fully saturated rings. The first kappa shape index (κ1) is 12.7. The SMILES string of the molecule is CC.NCc1ccccc1CC(N)=O. The third-order valence-electron chi connectivity index (χ3n) is 1.70. The zero-order valence-corrected chi connectivity index (χ0v) is 8.79. The predicted octanol–water partition coefficient (Wildman–Crippen LogP) is 1.20. The van der Waals surface area contributed by atoms with Crippen molar-refractivity contribution in [3.05, 3.63) is 35.4 Å². The van der Waals surface area contributed by atoms with Gasteiger partial charge in [0.1, 0.15) is 0 Å². The Morgan fingerprint density at radius 1 is 1.21 bits per heavy atom. The molecule has 0 radical (unpaired) electrons. The highest BCUT2D eigenvalue weighted by atomic mass is 16.1. The first-order chi connectivity index (χ1) is 6.74. The van der Waals surface area contributed by atoms with Crippen LogP contribution in [0, 0.1) is 0 Å². The quantitative estimate of drug-likeness (QED) is 0.759. The Balaban J connectivity index is 0.000000791. The minimum atomic E-state index is -0.323. The highest BCUT2D eigenvalue weighted by Gasteiger charge is 2.02. The summed E-state index contributed by atoms with van der Waals surface area (Å²) >= 11 is 0. The number of benzene rings is 1. The van der Waals surface area contributed by atoms with E-state index in [4.69, 9.17) is 11.5 Å². The molecule has 1 amide bonds. The van der Waals surface area contributed by atoms with Gasteiger partial charge in [-0.2, -0.15) is 0 Å². The average molecular weight is 194 g/mol. The van der Waals surface area contributed by atoms with Crippen molar-refractivity contribution < 1.29 is 4.79 Å². The van der Waals surface area contributed by atoms with Gasteiger partial charge in [-0.05, 0) is 11.1 Å². The number of primary amides is 1. The van der Waals surface area contributed by atoms with E-state index in [9.17, 15) is 4.79 Å². The lowest BCUT2D eigenvalue weighted by molar-refractivity contribution is -0.117. The second-order valence-electron chi connectivity index (χ2n) is 2.62. The number of hydrogen-bond acceptors (Lipinski definition) is 2. The largest absolute Gasteiger partial charge is 0.369 e. The molecule has 1 aromatic rings. The van der Waals surface area contributed by atoms with Gasteiger partial charge in [-0.1, -0.05) is 38.1 Å². The van der Waals surface area contributed by atoms with Crippen molar-refractivity contribution in [3.8, 4) is 0 Å². The molecule has 3 heteroatoms. The Hall–Kier alpha value is -1.35. The molecule has 1 rings (SSSR count). The van der Waals surface area contributed by atoms with Crippen LogP contribution < -0.4 is 11.5 Å². The average Bonchev–Trinajstić information content (AvgIpc) is 2.21. The van der Waals surface area contributed by atoms with Gasteiger partial charge >= 0.3 is 0 Å². The van der Waals surface area contributed by atoms with Gasteiger partial charge in [0, 0.05) is 6.54 Å². The van der Waals surface area contributed by atoms with Gasteiger partial charge in [-0.25, -0.2) is 0 Å². The summed E-state index contributed by atoms with van der Waals surface area (Å²) in [5.41, 5.74) is 12.4. The normalized spacial score (nSPS) is 8.79. The van der Waals surface area contributed by atoms with Crippen LogP contribution in [0.15, 0.2) is 24.3 Å². The van der Waals surface area contributed by atoms with Gasteiger partial charge < -0.3 is 11.5 Å². The van der Waals surface area contributed by atoms with Crippen molar-refractivity contribution in [2.45, 2.75) is 26.8 Å². The minimum Gasteiger partial charge on any atom is -0.369 e. The molecule has 1 aromatic carbocycles. The minimum absolute atomic E-state index is 0.271. The van der Waals surface area contributed by atoms with Crippen LogP contribution in [0.2, 0.25) is 0 Å². The van der Waals surface area contributed by atoms with Crippen LogP contribution in [0.4, 0.5) is 0 Å². The summed E-state index contributed by atoms with van der Waals surface area (Å²) < 4.78 is 0. The summed E-state index contributed by atoms with van der Waals surface area (Å²) in [6.07, 6.45) is 0.271. The van der Waals surface area contributed by atoms with Gasteiger partial charge in [-0.15, -0.1) is 0 Å². The lowest BCUT2D eigenvalue weighted by atomic mass is 10.0. The number of carbonyl (C=O) groups excluding carboxylic acids is 1. The van der Waals surface area contributed by atoms with E-state index in [0.29, 0.717) is 6.54 Å². The molecule has 0 unspecified atom stereocenters. The second-order valence-corrected chi connectivity index (χ2v) is 2.62. The molecule has 0 heterocycles. The molecule has 14 heavy (non-hydrogen) atoms. The fraction of sp³-hybridized carbons (Fsp3) is 0.364. The van der Waals surface area contributed by atoms with Crippen LogP contribution in [0.3, 0.4) is 0 Å². The zero-order valence-electron chi connectivity index (χ0n) is 8.79. The lowest BCUT2D eigenvalue weighted by Crippen LogP contribution is -2.15. The molecule has 3 nitrogen and oxygen atoms in total. The predicted molar refractivity (Wildman–Crippen MR) is 58.6 cm³/mol. The standard InChI is InChI=1S/C9H12N2O.C2H6/c10-6-8-4-2-1-3-7(8)5-9(11)12;1-2/h1-4H,5-6,10H2,(H2,11,12);1-2H3. The smallest absolute Gasteiger partial charge is 0.221 e. The van der Waals surface area contributed by atoms with Gasteiger partial charge in [0.25, 0.3) is 0 Å². The summed E-state index contributed by atoms with van der Waals surface area (Å²) in [5.74, 6) is -0.323. The number of rotatable bonds is 3. The summed E-state index contributed by atoms with van der Waals surface area (Å²) in [4.78, 5) is 10.6. The van der Waals surface area contributed by atoms with Crippen LogP contribution in [0.5, 0.6) is 0 Å². The van der Waals surface area contributed by atoms with E-state index in [1.165, 1.54) is 0 Å². The molecule has 0 bridgehead atoms. The van der Waals surface area contributed by atoms with E-state index < -0.39 is 0 Å². The van der Waals surface area contributed by atoms with E-state index in [1.807, 2.05) is 38.1 Å². The third kappa shape index (κ3) is 4.05. The number of carbonyl (C=O) groups is 1. The number of nitrogens with two attached hydrogens (primary N) is 2. The Bertz CT molecular complexity index is 284. The van der Waals surface area contributed by atoms with Crippen molar-refractivity contribution in [2.75, 3.05) is 0 Å². The Labute approximate surface area is 85.1 Å². The van der Waals surface area contributed by atoms with E-state index in [2.05, 4.69) is 0 Å². The van der Waals surface area contributed by atoms with E-state index in [-0.39, 0.29) is 12.3 Å². The number of hydrogen-bond donors (Lipinski definition) is 2. The molecule has 0 atom stereocenters. The fourth-order valence-electron chi connectivity index (χ4n) is 1.12. The van der Waals surface area contributed by atoms with Gasteiger partial charge in [0.2, 0.25) is 5.91 Å². The molecule has 78 valence electrons. The van der Waals surface area contributed by atoms with E-state index >= 15 is 0 Å². The molecule has 4 N–H and O–H groups in total. The van der Waals surface area contributed by atoms with Crippen molar-refractivity contribution >= 4 is 5.91 Å². The first-order valence-electron chi connectivity index (χ1n) is 4.79. The van der Waals surface area contributed by atoms with Crippen LogP contribution >= 0.6 is 0 Å². The molecule has 0 aliphatic carbocycles. The lowest BCUT2D eigenvalue weighted by Gasteiger charge is -2.03. The van der Waals surface area contributed by atoms with E-state index in [1.54, 1.807) is 0 Å². The van der Waals surface area contributed by atoms with Gasteiger partial charge in [0.05, 0.1) is 6.42 Å². The van der Waals surface area contributed by atoms with E-state index in [0.717, 1.165) is 11.1 Å². The number of amides is 1. The summed E-state index contributed by atoms with van der Waals surface area (Å²) in [5, 5.41) is 0. The maximum atomic E-state index is 10.6. The van der Waals surface area contributed by atoms with Crippen LogP contribution in [0.25, 0.3) is 0 Å². The molecular weight excluding hydrogens is 176 g/mol. The molecule has 0 spiro atoms. The molecule has 0 saturated carbocycles. The maximum Gasteiger partial charge on any atom is 0.221 e. The topological polar surface area (TPSA) is 69.1 Å². The van der Waals surface area contributed by atoms with Crippen LogP contribution in [-0.2, 0) is 17.8 Å². The molecule has 0 saturated heterocycles. The van der Waals surface area contributed by atoms with Crippen molar-refractivity contribution in [2.24, 2.45) is 11.5 Å². The van der Waals surface area contributed by atoms with Crippen molar-refractivity contribution in [3.63, 3.8) is 0 Å². The summed E-state index contributed by atoms with van der Waals surface area (Å²) in [7, 11) is 0. The highest BCUT2D eigenvalue weighted by molar-refractivity contribution is 5.76. The Kier molecular flexibility index (Phi) is 6.41. The van der Waals surface area contributed by atoms with Crippen molar-refractivity contribution in [1.82, 2.24) is 0 Å². The Morgan fingerprint density at radius 3 is 2.14 bits per heavy atom. The first-order valence-corrected chi connectivity index (χ1v) is 4.79.